The minimum absolute atomic E-state index is 0. The van der Waals surface area contributed by atoms with Crippen molar-refractivity contribution in [3.63, 3.8) is 0 Å². The summed E-state index contributed by atoms with van der Waals surface area (Å²) in [6.07, 6.45) is 8.11. The van der Waals surface area contributed by atoms with Crippen LogP contribution in [-0.2, 0) is 39.4 Å². The number of rotatable bonds is 9. The molecule has 0 unspecified atom stereocenters. The number of pyridine rings is 1. The molecule has 8 aromatic carbocycles. The topological polar surface area (TPSA) is 43.9 Å². The number of nitrogens with zero attached hydrogens (tertiary/aromatic N) is 3. The van der Waals surface area contributed by atoms with E-state index in [1.807, 2.05) is 24.3 Å². The summed E-state index contributed by atoms with van der Waals surface area (Å²) < 4.78 is 8.94. The molecule has 0 amide bonds. The maximum atomic E-state index is 6.63. The fraction of sp³-hybridized carbons (Fsp3) is 0.169. The van der Waals surface area contributed by atoms with Gasteiger partial charge in [-0.05, 0) is 100 Å². The van der Waals surface area contributed by atoms with Crippen LogP contribution in [0.1, 0.15) is 43.4 Å². The first kappa shape index (κ1) is 47.7. The average Bonchev–Trinajstić information content (AvgIpc) is 3.97. The number of imidazole rings is 1. The molecule has 0 spiro atoms. The van der Waals surface area contributed by atoms with Crippen LogP contribution in [0.2, 0.25) is 19.6 Å². The Labute approximate surface area is 432 Å². The van der Waals surface area contributed by atoms with Gasteiger partial charge >= 0.3 is 0 Å². The van der Waals surface area contributed by atoms with Gasteiger partial charge in [0, 0.05) is 48.5 Å². The van der Waals surface area contributed by atoms with Crippen LogP contribution in [0.4, 0.5) is 0 Å². The normalized spacial score (nSPS) is 12.4. The standard InChI is InChI=1S/C47H33N2O.C18H24NSi.Ir/c1-3-12-31(13-4-1)35-24-26-38(33-15-5-2-6-16-33)44(30-35)49-43-21-10-9-20-42(43)48-47(49)37-25-27-45-41(29-37)40-19-11-18-39(46(40)50-45)36-23-22-32-14-7-8-17-34(32)28-36;1-14(2)11-16-12-17(15-9-7-6-8-10-15)19-13-18(16)20(3,4)5;/h1-6,9-13,15-16,18-24,26-30H,7-8,14,17H2;6-9,12-14H,11H2,1-5H3;/q2*-1;. The van der Waals surface area contributed by atoms with E-state index >= 15 is 0 Å². The van der Waals surface area contributed by atoms with Crippen LogP contribution < -0.4 is 5.19 Å². The number of fused-ring (bicyclic) bond motifs is 5. The minimum atomic E-state index is -1.34. The van der Waals surface area contributed by atoms with Gasteiger partial charge < -0.3 is 14.0 Å². The van der Waals surface area contributed by atoms with Crippen LogP contribution in [0, 0.1) is 18.1 Å². The van der Waals surface area contributed by atoms with E-state index in [0.29, 0.717) is 5.92 Å². The van der Waals surface area contributed by atoms with E-state index in [4.69, 9.17) is 9.40 Å². The molecule has 0 saturated heterocycles. The maximum absolute atomic E-state index is 6.63. The Morgan fingerprint density at radius 1 is 0.620 bits per heavy atom. The van der Waals surface area contributed by atoms with Crippen LogP contribution in [0.3, 0.4) is 0 Å². The second-order valence-corrected chi connectivity index (χ2v) is 25.2. The quantitative estimate of drug-likeness (QED) is 0.107. The monoisotopic (exact) mass is 1120 g/mol. The molecular weight excluding hydrogens is 1060 g/mol. The Kier molecular flexibility index (Phi) is 13.7. The average molecular weight is 1120 g/mol. The molecule has 6 heteroatoms. The number of para-hydroxylation sites is 3. The van der Waals surface area contributed by atoms with Crippen molar-refractivity contribution in [1.29, 1.82) is 0 Å². The number of hydrogen-bond donors (Lipinski definition) is 0. The van der Waals surface area contributed by atoms with Crippen molar-refractivity contribution < 1.29 is 24.5 Å². The molecule has 1 aliphatic carbocycles. The summed E-state index contributed by atoms with van der Waals surface area (Å²) in [7, 11) is -1.34. The van der Waals surface area contributed by atoms with Gasteiger partial charge in [-0.25, -0.2) is 0 Å². The molecule has 3 aromatic heterocycles. The van der Waals surface area contributed by atoms with Gasteiger partial charge in [0.15, 0.2) is 0 Å². The van der Waals surface area contributed by atoms with E-state index in [0.717, 1.165) is 96.4 Å². The first-order valence-corrected chi connectivity index (χ1v) is 28.3. The second-order valence-electron chi connectivity index (χ2n) is 20.2. The molecule has 0 atom stereocenters. The van der Waals surface area contributed by atoms with Crippen molar-refractivity contribution in [2.75, 3.05) is 0 Å². The van der Waals surface area contributed by atoms with Crippen molar-refractivity contribution in [2.45, 2.75) is 65.6 Å². The van der Waals surface area contributed by atoms with Gasteiger partial charge in [0.2, 0.25) is 0 Å². The minimum Gasteiger partial charge on any atom is -0.500 e. The van der Waals surface area contributed by atoms with Gasteiger partial charge in [-0.1, -0.05) is 172 Å². The Morgan fingerprint density at radius 3 is 2.11 bits per heavy atom. The Bertz CT molecular complexity index is 3650. The zero-order valence-electron chi connectivity index (χ0n) is 41.1. The summed E-state index contributed by atoms with van der Waals surface area (Å²) >= 11 is 0. The largest absolute Gasteiger partial charge is 0.500 e. The first-order valence-electron chi connectivity index (χ1n) is 24.8. The number of aryl methyl sites for hydroxylation is 2. The molecule has 11 aromatic rings. The SMILES string of the molecule is CC(C)Cc1cc(-c2[c-]cccc2)ncc1[Si](C)(C)C.[Ir].[c-]1cc2oc3c(-c4ccc5c(c4)CCCC5)cccc3c2cc1-c1nc2ccccc2n1-c1cc(-c2ccccc2)ccc1-c1ccccc1. The zero-order chi connectivity index (χ0) is 47.8. The molecule has 71 heavy (non-hydrogen) atoms. The second kappa shape index (κ2) is 20.4. The van der Waals surface area contributed by atoms with Crippen LogP contribution >= 0.6 is 0 Å². The molecule has 1 radical (unpaired) electrons. The van der Waals surface area contributed by atoms with Crippen LogP contribution in [0.15, 0.2) is 193 Å². The fourth-order valence-electron chi connectivity index (χ4n) is 10.3. The van der Waals surface area contributed by atoms with Crippen molar-refractivity contribution in [2.24, 2.45) is 5.92 Å². The van der Waals surface area contributed by atoms with Gasteiger partial charge in [-0.3, -0.25) is 4.98 Å². The van der Waals surface area contributed by atoms with E-state index in [1.165, 1.54) is 52.3 Å². The fourth-order valence-corrected chi connectivity index (χ4v) is 11.9. The van der Waals surface area contributed by atoms with Crippen molar-refractivity contribution >= 4 is 46.2 Å². The molecule has 0 saturated carbocycles. The number of hydrogen-bond acceptors (Lipinski definition) is 3. The molecule has 0 bridgehead atoms. The Hall–Kier alpha value is -6.95. The molecule has 1 aliphatic rings. The summed E-state index contributed by atoms with van der Waals surface area (Å²) in [5.74, 6) is 1.51. The molecular formula is C65H57IrN3OSi-2. The van der Waals surface area contributed by atoms with Gasteiger partial charge in [-0.2, -0.15) is 0 Å². The summed E-state index contributed by atoms with van der Waals surface area (Å²) in [5, 5.41) is 3.66. The molecule has 3 heterocycles. The predicted octanol–water partition coefficient (Wildman–Crippen LogP) is 16.6. The molecule has 0 fully saturated rings. The molecule has 0 N–H and O–H groups in total. The number of aromatic nitrogens is 3. The third kappa shape index (κ3) is 9.77. The van der Waals surface area contributed by atoms with Gasteiger partial charge in [0.05, 0.1) is 30.5 Å². The van der Waals surface area contributed by atoms with Crippen molar-refractivity contribution in [3.05, 3.63) is 217 Å². The molecule has 12 rings (SSSR count). The van der Waals surface area contributed by atoms with E-state index in [2.05, 4.69) is 219 Å². The molecule has 0 aliphatic heterocycles. The van der Waals surface area contributed by atoms with Gasteiger partial charge in [0.25, 0.3) is 0 Å². The summed E-state index contributed by atoms with van der Waals surface area (Å²) in [5.41, 5.74) is 19.2. The number of benzene rings is 8. The summed E-state index contributed by atoms with van der Waals surface area (Å²) in [6.45, 7) is 11.7. The van der Waals surface area contributed by atoms with Gasteiger partial charge in [0.1, 0.15) is 5.58 Å². The summed E-state index contributed by atoms with van der Waals surface area (Å²) in [4.78, 5) is 9.96. The maximum Gasteiger partial charge on any atom is 0.128 e. The van der Waals surface area contributed by atoms with Crippen LogP contribution in [0.25, 0.3) is 94.7 Å². The van der Waals surface area contributed by atoms with E-state index < -0.39 is 8.07 Å². The number of furan rings is 1. The van der Waals surface area contributed by atoms with Crippen LogP contribution in [-0.4, -0.2) is 22.6 Å². The Balaban J connectivity index is 0.000000234. The Morgan fingerprint density at radius 2 is 1.35 bits per heavy atom. The smallest absolute Gasteiger partial charge is 0.128 e. The third-order valence-electron chi connectivity index (χ3n) is 13.7. The van der Waals surface area contributed by atoms with E-state index in [1.54, 1.807) is 0 Å². The van der Waals surface area contributed by atoms with E-state index in [9.17, 15) is 0 Å². The first-order chi connectivity index (χ1) is 34.2. The van der Waals surface area contributed by atoms with Crippen molar-refractivity contribution in [3.8, 4) is 61.7 Å². The van der Waals surface area contributed by atoms with E-state index in [-0.39, 0.29) is 20.1 Å². The van der Waals surface area contributed by atoms with Crippen molar-refractivity contribution in [1.82, 2.24) is 14.5 Å². The summed E-state index contributed by atoms with van der Waals surface area (Å²) in [6, 6.07) is 71.2. The predicted molar refractivity (Wildman–Crippen MR) is 296 cm³/mol. The van der Waals surface area contributed by atoms with Gasteiger partial charge in [-0.15, -0.1) is 59.7 Å². The van der Waals surface area contributed by atoms with Crippen LogP contribution in [0.5, 0.6) is 0 Å². The third-order valence-corrected chi connectivity index (χ3v) is 15.8. The zero-order valence-corrected chi connectivity index (χ0v) is 44.5. The molecule has 4 nitrogen and oxygen atoms in total. The molecule has 353 valence electrons.